The summed E-state index contributed by atoms with van der Waals surface area (Å²) in [4.78, 5) is 18.2. The molecule has 0 atom stereocenters. The van der Waals surface area contributed by atoms with Crippen LogP contribution in [-0.4, -0.2) is 63.2 Å². The first-order valence-electron chi connectivity index (χ1n) is 8.67. The maximum atomic E-state index is 12.0. The molecular weight excluding hydrogens is 316 g/mol. The van der Waals surface area contributed by atoms with E-state index in [1.54, 1.807) is 26.1 Å². The number of aliphatic imine (C=N–C) groups is 1. The second kappa shape index (κ2) is 10.0. The molecule has 0 saturated heterocycles. The molecule has 0 bridgehead atoms. The Kier molecular flexibility index (Phi) is 8.41. The smallest absolute Gasteiger partial charge is 0.253 e. The fourth-order valence-electron chi connectivity index (χ4n) is 2.12. The fourth-order valence-corrected chi connectivity index (χ4v) is 2.12. The highest BCUT2D eigenvalue weighted by Crippen LogP contribution is 2.08. The highest BCUT2D eigenvalue weighted by molar-refractivity contribution is 5.94. The lowest BCUT2D eigenvalue weighted by atomic mass is 10.1. The molecule has 0 spiro atoms. The van der Waals surface area contributed by atoms with Gasteiger partial charge in [0.05, 0.1) is 12.1 Å². The first kappa shape index (κ1) is 21.0. The van der Waals surface area contributed by atoms with E-state index in [0.717, 1.165) is 31.0 Å². The first-order valence-corrected chi connectivity index (χ1v) is 8.67. The van der Waals surface area contributed by atoms with E-state index in [1.807, 2.05) is 45.0 Å². The Morgan fingerprint density at radius 2 is 2.00 bits per heavy atom. The normalized spacial score (nSPS) is 12.0. The van der Waals surface area contributed by atoms with Crippen molar-refractivity contribution in [1.29, 1.82) is 0 Å². The summed E-state index contributed by atoms with van der Waals surface area (Å²) < 4.78 is 5.40. The summed E-state index contributed by atoms with van der Waals surface area (Å²) in [7, 11) is 5.21. The first-order chi connectivity index (χ1) is 11.8. The number of hydrogen-bond acceptors (Lipinski definition) is 3. The van der Waals surface area contributed by atoms with Crippen molar-refractivity contribution in [2.24, 2.45) is 4.99 Å². The molecule has 140 valence electrons. The molecule has 0 aliphatic heterocycles. The molecule has 1 rings (SSSR count). The van der Waals surface area contributed by atoms with Crippen LogP contribution in [0.25, 0.3) is 0 Å². The number of carbonyl (C=O) groups is 1. The number of guanidine groups is 1. The Labute approximate surface area is 151 Å². The summed E-state index contributed by atoms with van der Waals surface area (Å²) in [5.74, 6) is 0.791. The number of hydrogen-bond donors (Lipinski definition) is 2. The average molecular weight is 348 g/mol. The molecular formula is C19H32N4O2. The van der Waals surface area contributed by atoms with Crippen LogP contribution < -0.4 is 10.6 Å². The van der Waals surface area contributed by atoms with Gasteiger partial charge in [-0.15, -0.1) is 0 Å². The van der Waals surface area contributed by atoms with Gasteiger partial charge in [0.2, 0.25) is 0 Å². The van der Waals surface area contributed by atoms with Gasteiger partial charge >= 0.3 is 0 Å². The van der Waals surface area contributed by atoms with Gasteiger partial charge in [-0.25, -0.2) is 0 Å². The molecule has 0 aliphatic carbocycles. The van der Waals surface area contributed by atoms with Crippen LogP contribution in [0.3, 0.4) is 0 Å². The number of ether oxygens (including phenoxy) is 1. The predicted molar refractivity (Wildman–Crippen MR) is 103 cm³/mol. The zero-order chi connectivity index (χ0) is 18.9. The van der Waals surface area contributed by atoms with Crippen LogP contribution in [0.15, 0.2) is 29.3 Å². The quantitative estimate of drug-likeness (QED) is 0.556. The van der Waals surface area contributed by atoms with Crippen LogP contribution >= 0.6 is 0 Å². The van der Waals surface area contributed by atoms with E-state index in [4.69, 9.17) is 4.74 Å². The van der Waals surface area contributed by atoms with Crippen molar-refractivity contribution in [3.8, 4) is 0 Å². The molecule has 0 aromatic heterocycles. The summed E-state index contributed by atoms with van der Waals surface area (Å²) in [6, 6.07) is 7.75. The van der Waals surface area contributed by atoms with Gasteiger partial charge in [-0.05, 0) is 44.9 Å². The van der Waals surface area contributed by atoms with Crippen molar-refractivity contribution in [1.82, 2.24) is 15.5 Å². The largest absolute Gasteiger partial charge is 0.377 e. The number of rotatable bonds is 8. The van der Waals surface area contributed by atoms with Crippen molar-refractivity contribution in [3.05, 3.63) is 35.4 Å². The molecule has 0 unspecified atom stereocenters. The number of carbonyl (C=O) groups excluding carboxylic acids is 1. The number of nitrogens with zero attached hydrogens (tertiary/aromatic N) is 2. The van der Waals surface area contributed by atoms with Gasteiger partial charge in [0.15, 0.2) is 5.96 Å². The van der Waals surface area contributed by atoms with Crippen molar-refractivity contribution in [2.45, 2.75) is 32.8 Å². The van der Waals surface area contributed by atoms with Gasteiger partial charge < -0.3 is 20.3 Å². The van der Waals surface area contributed by atoms with Crippen LogP contribution in [0.1, 0.15) is 36.7 Å². The minimum absolute atomic E-state index is 0.0199. The molecule has 6 heteroatoms. The molecule has 2 N–H and O–H groups in total. The Balaban J connectivity index is 2.63. The lowest BCUT2D eigenvalue weighted by molar-refractivity contribution is 0.0310. The molecule has 0 heterocycles. The van der Waals surface area contributed by atoms with E-state index in [9.17, 15) is 4.79 Å². The number of amides is 1. The summed E-state index contributed by atoms with van der Waals surface area (Å²) in [6.45, 7) is 8.16. The van der Waals surface area contributed by atoms with Gasteiger partial charge in [0.1, 0.15) is 0 Å². The molecule has 0 aliphatic rings. The van der Waals surface area contributed by atoms with E-state index in [2.05, 4.69) is 15.6 Å². The van der Waals surface area contributed by atoms with Gasteiger partial charge in [-0.2, -0.15) is 0 Å². The van der Waals surface area contributed by atoms with Crippen molar-refractivity contribution in [3.63, 3.8) is 0 Å². The van der Waals surface area contributed by atoms with Gasteiger partial charge in [-0.3, -0.25) is 9.79 Å². The van der Waals surface area contributed by atoms with Crippen molar-refractivity contribution < 1.29 is 9.53 Å². The van der Waals surface area contributed by atoms with Gasteiger partial charge in [0, 0.05) is 39.9 Å². The summed E-state index contributed by atoms with van der Waals surface area (Å²) >= 11 is 0. The average Bonchev–Trinajstić information content (AvgIpc) is 2.59. The van der Waals surface area contributed by atoms with E-state index >= 15 is 0 Å². The predicted octanol–water partition coefficient (Wildman–Crippen LogP) is 1.91. The Morgan fingerprint density at radius 1 is 1.28 bits per heavy atom. The van der Waals surface area contributed by atoms with Crippen LogP contribution in [-0.2, 0) is 11.2 Å². The lowest BCUT2D eigenvalue weighted by Crippen LogP contribution is -2.40. The highest BCUT2D eigenvalue weighted by atomic mass is 16.5. The fraction of sp³-hybridized carbons (Fsp3) is 0.579. The molecule has 1 amide bonds. The van der Waals surface area contributed by atoms with Crippen molar-refractivity contribution >= 4 is 11.9 Å². The SMILES string of the molecule is CCNC(=NCC(C)(C)OC)NCCc1cccc(C(=O)N(C)C)c1. The molecule has 1 aromatic rings. The standard InChI is InChI=1S/C19H32N4O2/c1-7-20-18(22-14-19(2,3)25-6)21-12-11-15-9-8-10-16(13-15)17(24)23(4)5/h8-10,13H,7,11-12,14H2,1-6H3,(H2,20,21,22). The number of nitrogens with one attached hydrogen (secondary N) is 2. The molecule has 0 fully saturated rings. The third-order valence-corrected chi connectivity index (χ3v) is 3.80. The Bertz CT molecular complexity index is 583. The van der Waals surface area contributed by atoms with E-state index in [1.165, 1.54) is 0 Å². The second-order valence-electron chi connectivity index (χ2n) is 6.74. The monoisotopic (exact) mass is 348 g/mol. The maximum absolute atomic E-state index is 12.0. The summed E-state index contributed by atoms with van der Waals surface area (Å²) in [5.41, 5.74) is 1.54. The minimum atomic E-state index is -0.288. The third-order valence-electron chi connectivity index (χ3n) is 3.80. The van der Waals surface area contributed by atoms with Crippen molar-refractivity contribution in [2.75, 3.05) is 40.8 Å². The molecule has 0 saturated carbocycles. The summed E-state index contributed by atoms with van der Waals surface area (Å²) in [5, 5.41) is 6.56. The van der Waals surface area contributed by atoms with Crippen LogP contribution in [0.4, 0.5) is 0 Å². The van der Waals surface area contributed by atoms with Crippen LogP contribution in [0.5, 0.6) is 0 Å². The lowest BCUT2D eigenvalue weighted by Gasteiger charge is -2.21. The van der Waals surface area contributed by atoms with Gasteiger partial charge in [-0.1, -0.05) is 12.1 Å². The highest BCUT2D eigenvalue weighted by Gasteiger charge is 2.15. The van der Waals surface area contributed by atoms with E-state index < -0.39 is 0 Å². The number of methoxy groups -OCH3 is 1. The molecule has 1 aromatic carbocycles. The van der Waals surface area contributed by atoms with Crippen LogP contribution in [0, 0.1) is 0 Å². The van der Waals surface area contributed by atoms with Gasteiger partial charge in [0.25, 0.3) is 5.91 Å². The number of benzene rings is 1. The van der Waals surface area contributed by atoms with E-state index in [-0.39, 0.29) is 11.5 Å². The maximum Gasteiger partial charge on any atom is 0.253 e. The third kappa shape index (κ3) is 7.56. The van der Waals surface area contributed by atoms with Crippen LogP contribution in [0.2, 0.25) is 0 Å². The topological polar surface area (TPSA) is 66.0 Å². The zero-order valence-electron chi connectivity index (χ0n) is 16.3. The molecule has 0 radical (unpaired) electrons. The van der Waals surface area contributed by atoms with E-state index in [0.29, 0.717) is 12.1 Å². The summed E-state index contributed by atoms with van der Waals surface area (Å²) in [6.07, 6.45) is 0.812. The zero-order valence-corrected chi connectivity index (χ0v) is 16.3. The Morgan fingerprint density at radius 3 is 2.60 bits per heavy atom. The minimum Gasteiger partial charge on any atom is -0.377 e. The molecule has 6 nitrogen and oxygen atoms in total. The Hall–Kier alpha value is -2.08. The molecule has 25 heavy (non-hydrogen) atoms. The second-order valence-corrected chi connectivity index (χ2v) is 6.74.